The Morgan fingerprint density at radius 3 is 2.37 bits per heavy atom. The van der Waals surface area contributed by atoms with E-state index in [-0.39, 0.29) is 23.5 Å². The first-order valence-corrected chi connectivity index (χ1v) is 8.77. The number of hydrogen-bond acceptors (Lipinski definition) is 6. The summed E-state index contributed by atoms with van der Waals surface area (Å²) < 4.78 is 10.2. The van der Waals surface area contributed by atoms with Crippen LogP contribution in [0.2, 0.25) is 0 Å². The molecule has 0 spiro atoms. The monoisotopic (exact) mass is 410 g/mol. The van der Waals surface area contributed by atoms with Crippen molar-refractivity contribution in [3.05, 3.63) is 82.3 Å². The van der Waals surface area contributed by atoms with Crippen molar-refractivity contribution in [3.63, 3.8) is 0 Å². The van der Waals surface area contributed by atoms with Gasteiger partial charge in [-0.05, 0) is 42.5 Å². The Morgan fingerprint density at radius 2 is 1.77 bits per heavy atom. The molecule has 154 valence electrons. The van der Waals surface area contributed by atoms with Crippen molar-refractivity contribution in [2.45, 2.75) is 6.54 Å². The highest BCUT2D eigenvalue weighted by Gasteiger charge is 2.17. The molecule has 0 atom stereocenters. The lowest BCUT2D eigenvalue weighted by molar-refractivity contribution is -0.384. The Labute approximate surface area is 171 Å². The summed E-state index contributed by atoms with van der Waals surface area (Å²) in [5, 5.41) is 18.9. The maximum absolute atomic E-state index is 12.5. The molecule has 0 unspecified atom stereocenters. The molecule has 0 fully saturated rings. The number of nitrogens with zero attached hydrogens (tertiary/aromatic N) is 1. The molecule has 0 saturated carbocycles. The Bertz CT molecular complexity index is 1050. The molecule has 0 bridgehead atoms. The molecule has 3 N–H and O–H groups in total. The minimum Gasteiger partial charge on any atom is -0.496 e. The highest BCUT2D eigenvalue weighted by atomic mass is 16.6. The van der Waals surface area contributed by atoms with Gasteiger partial charge in [-0.15, -0.1) is 0 Å². The van der Waals surface area contributed by atoms with E-state index in [0.717, 1.165) is 6.07 Å². The molecule has 3 rings (SSSR count). The fraction of sp³-hybridized carbons (Fsp3) is 0.100. The number of hydrogen-bond donors (Lipinski definition) is 3. The molecule has 30 heavy (non-hydrogen) atoms. The number of amides is 3. The van der Waals surface area contributed by atoms with Crippen molar-refractivity contribution in [2.24, 2.45) is 0 Å². The number of benzene rings is 2. The van der Waals surface area contributed by atoms with Crippen molar-refractivity contribution < 1.29 is 23.7 Å². The second-order valence-electron chi connectivity index (χ2n) is 6.06. The first-order chi connectivity index (χ1) is 14.5. The average Bonchev–Trinajstić information content (AvgIpc) is 3.27. The summed E-state index contributed by atoms with van der Waals surface area (Å²) in [7, 11) is 1.37. The van der Waals surface area contributed by atoms with Crippen molar-refractivity contribution in [3.8, 4) is 5.75 Å². The van der Waals surface area contributed by atoms with Gasteiger partial charge in [-0.3, -0.25) is 14.9 Å². The van der Waals surface area contributed by atoms with Gasteiger partial charge < -0.3 is 25.1 Å². The van der Waals surface area contributed by atoms with Crippen LogP contribution in [0.5, 0.6) is 5.75 Å². The lowest BCUT2D eigenvalue weighted by atomic mass is 10.1. The van der Waals surface area contributed by atoms with E-state index in [4.69, 9.17) is 9.15 Å². The first-order valence-electron chi connectivity index (χ1n) is 8.77. The predicted octanol–water partition coefficient (Wildman–Crippen LogP) is 3.77. The summed E-state index contributed by atoms with van der Waals surface area (Å²) in [6, 6.07) is 13.2. The van der Waals surface area contributed by atoms with Crippen LogP contribution < -0.4 is 20.7 Å². The van der Waals surface area contributed by atoms with E-state index in [1.165, 1.54) is 25.5 Å². The number of anilines is 2. The molecule has 1 aromatic heterocycles. The van der Waals surface area contributed by atoms with Gasteiger partial charge in [0.1, 0.15) is 11.5 Å². The largest absolute Gasteiger partial charge is 0.496 e. The van der Waals surface area contributed by atoms with Crippen LogP contribution in [0.1, 0.15) is 16.1 Å². The standard InChI is InChI=1S/C20H18N4O6/c1-29-18-9-8-15(24(27)28)11-17(18)19(25)22-13-4-6-14(7-5-13)23-20(26)21-12-16-3-2-10-30-16/h2-11H,12H2,1H3,(H,22,25)(H2,21,23,26). The van der Waals surface area contributed by atoms with Crippen LogP contribution in [0.15, 0.2) is 65.3 Å². The molecular formula is C20H18N4O6. The molecule has 0 saturated heterocycles. The van der Waals surface area contributed by atoms with Crippen LogP contribution in [-0.4, -0.2) is 24.0 Å². The third kappa shape index (κ3) is 5.13. The average molecular weight is 410 g/mol. The van der Waals surface area contributed by atoms with E-state index in [9.17, 15) is 19.7 Å². The molecule has 2 aromatic carbocycles. The number of non-ortho nitro benzene ring substituents is 1. The van der Waals surface area contributed by atoms with E-state index in [1.807, 2.05) is 0 Å². The molecule has 3 amide bonds. The summed E-state index contributed by atoms with van der Waals surface area (Å²) in [6.45, 7) is 0.248. The number of methoxy groups -OCH3 is 1. The normalized spacial score (nSPS) is 10.2. The zero-order chi connectivity index (χ0) is 21.5. The van der Waals surface area contributed by atoms with Crippen molar-refractivity contribution >= 4 is 29.0 Å². The Morgan fingerprint density at radius 1 is 1.07 bits per heavy atom. The van der Waals surface area contributed by atoms with Crippen molar-refractivity contribution in [1.82, 2.24) is 5.32 Å². The Kier molecular flexibility index (Phi) is 6.28. The zero-order valence-electron chi connectivity index (χ0n) is 15.9. The number of nitro benzene ring substituents is 1. The van der Waals surface area contributed by atoms with Gasteiger partial charge in [0, 0.05) is 23.5 Å². The molecular weight excluding hydrogens is 392 g/mol. The van der Waals surface area contributed by atoms with E-state index in [1.54, 1.807) is 36.4 Å². The zero-order valence-corrected chi connectivity index (χ0v) is 15.9. The van der Waals surface area contributed by atoms with E-state index in [2.05, 4.69) is 16.0 Å². The quantitative estimate of drug-likeness (QED) is 0.401. The van der Waals surface area contributed by atoms with E-state index >= 15 is 0 Å². The van der Waals surface area contributed by atoms with Crippen LogP contribution in [0.25, 0.3) is 0 Å². The van der Waals surface area contributed by atoms with Gasteiger partial charge in [0.25, 0.3) is 11.6 Å². The third-order valence-electron chi connectivity index (χ3n) is 4.04. The Hall–Kier alpha value is -4.34. The topological polar surface area (TPSA) is 136 Å². The fourth-order valence-electron chi connectivity index (χ4n) is 2.58. The molecule has 0 aliphatic carbocycles. The smallest absolute Gasteiger partial charge is 0.319 e. The molecule has 1 heterocycles. The number of ether oxygens (including phenoxy) is 1. The van der Waals surface area contributed by atoms with Crippen LogP contribution in [0.4, 0.5) is 21.9 Å². The van der Waals surface area contributed by atoms with Gasteiger partial charge in [-0.2, -0.15) is 0 Å². The molecule has 3 aromatic rings. The van der Waals surface area contributed by atoms with Gasteiger partial charge in [-0.1, -0.05) is 0 Å². The predicted molar refractivity (Wildman–Crippen MR) is 109 cm³/mol. The minimum atomic E-state index is -0.590. The van der Waals surface area contributed by atoms with Crippen LogP contribution in [0, 0.1) is 10.1 Å². The molecule has 0 radical (unpaired) electrons. The number of nitro groups is 1. The molecule has 0 aliphatic rings. The minimum absolute atomic E-state index is 0.0335. The fourth-order valence-corrected chi connectivity index (χ4v) is 2.58. The van der Waals surface area contributed by atoms with Gasteiger partial charge >= 0.3 is 6.03 Å². The van der Waals surface area contributed by atoms with Crippen LogP contribution >= 0.6 is 0 Å². The lowest BCUT2D eigenvalue weighted by Gasteiger charge is -2.10. The lowest BCUT2D eigenvalue weighted by Crippen LogP contribution is -2.27. The highest BCUT2D eigenvalue weighted by molar-refractivity contribution is 6.06. The SMILES string of the molecule is COc1ccc([N+](=O)[O-])cc1C(=O)Nc1ccc(NC(=O)NCc2ccco2)cc1. The van der Waals surface area contributed by atoms with E-state index < -0.39 is 16.9 Å². The molecule has 10 nitrogen and oxygen atoms in total. The molecule has 0 aliphatic heterocycles. The van der Waals surface area contributed by atoms with Gasteiger partial charge in [0.15, 0.2) is 0 Å². The highest BCUT2D eigenvalue weighted by Crippen LogP contribution is 2.25. The van der Waals surface area contributed by atoms with Gasteiger partial charge in [-0.25, -0.2) is 4.79 Å². The third-order valence-corrected chi connectivity index (χ3v) is 4.04. The maximum atomic E-state index is 12.5. The van der Waals surface area contributed by atoms with Crippen LogP contribution in [-0.2, 0) is 6.54 Å². The summed E-state index contributed by atoms with van der Waals surface area (Å²) in [5.74, 6) is 0.275. The first kappa shape index (κ1) is 20.4. The number of furan rings is 1. The Balaban J connectivity index is 1.61. The van der Waals surface area contributed by atoms with E-state index in [0.29, 0.717) is 17.1 Å². The second kappa shape index (κ2) is 9.24. The second-order valence-corrected chi connectivity index (χ2v) is 6.06. The number of carbonyl (C=O) groups excluding carboxylic acids is 2. The summed E-state index contributed by atoms with van der Waals surface area (Å²) in [4.78, 5) is 34.8. The van der Waals surface area contributed by atoms with Crippen LogP contribution in [0.3, 0.4) is 0 Å². The number of urea groups is 1. The van der Waals surface area contributed by atoms with Crippen molar-refractivity contribution in [1.29, 1.82) is 0 Å². The summed E-state index contributed by atoms with van der Waals surface area (Å²) >= 11 is 0. The number of carbonyl (C=O) groups is 2. The maximum Gasteiger partial charge on any atom is 0.319 e. The van der Waals surface area contributed by atoms with Crippen molar-refractivity contribution in [2.75, 3.05) is 17.7 Å². The molecule has 10 heteroatoms. The number of rotatable bonds is 7. The van der Waals surface area contributed by atoms with Gasteiger partial charge in [0.2, 0.25) is 0 Å². The summed E-state index contributed by atoms with van der Waals surface area (Å²) in [5.41, 5.74) is 0.764. The number of nitrogens with one attached hydrogen (secondary N) is 3. The summed E-state index contributed by atoms with van der Waals surface area (Å²) in [6.07, 6.45) is 1.52. The van der Waals surface area contributed by atoms with Gasteiger partial charge in [0.05, 0.1) is 30.4 Å².